The van der Waals surface area contributed by atoms with E-state index in [-0.39, 0.29) is 50.0 Å². The number of carbonyl (C=O) groups excluding carboxylic acids is 1. The quantitative estimate of drug-likeness (QED) is 0.740. The Bertz CT molecular complexity index is 602. The number of aromatic amines is 1. The van der Waals surface area contributed by atoms with Gasteiger partial charge in [0.15, 0.2) is 0 Å². The molecule has 0 spiro atoms. The third-order valence-electron chi connectivity index (χ3n) is 2.78. The van der Waals surface area contributed by atoms with Crippen LogP contribution in [0.25, 0.3) is 11.0 Å². The van der Waals surface area contributed by atoms with Gasteiger partial charge in [-0.25, -0.2) is 4.98 Å². The first-order chi connectivity index (χ1) is 9.54. The molecule has 0 fully saturated rings. The standard InChI is InChI=1S/C14H20N4O2.2ClH/c1-9-3-4-11-12(5-9)18-13(17-11)7-20-8-14(19)16-6-10(2)15;;/h3-5,10H,6-8,15H2,1-2H3,(H,16,19)(H,17,18);2*1H/t10-;;/m0../s1. The van der Waals surface area contributed by atoms with E-state index in [1.807, 2.05) is 32.0 Å². The Morgan fingerprint density at radius 3 is 2.86 bits per heavy atom. The second-order valence-corrected chi connectivity index (χ2v) is 4.98. The Kier molecular flexibility index (Phi) is 9.04. The highest BCUT2D eigenvalue weighted by Gasteiger charge is 2.06. The summed E-state index contributed by atoms with van der Waals surface area (Å²) in [5.74, 6) is 0.542. The number of ether oxygens (including phenoxy) is 1. The lowest BCUT2D eigenvalue weighted by Gasteiger charge is -2.07. The number of nitrogens with two attached hydrogens (primary N) is 1. The van der Waals surface area contributed by atoms with E-state index in [1.54, 1.807) is 0 Å². The maximum atomic E-state index is 11.4. The number of rotatable bonds is 6. The topological polar surface area (TPSA) is 93.0 Å². The fourth-order valence-corrected chi connectivity index (χ4v) is 1.81. The Morgan fingerprint density at radius 2 is 2.18 bits per heavy atom. The number of nitrogens with zero attached hydrogens (tertiary/aromatic N) is 1. The van der Waals surface area contributed by atoms with Gasteiger partial charge in [0, 0.05) is 12.6 Å². The first kappa shape index (κ1) is 20.7. The van der Waals surface area contributed by atoms with Crippen LogP contribution >= 0.6 is 24.8 Å². The van der Waals surface area contributed by atoms with Crippen LogP contribution in [0.2, 0.25) is 0 Å². The molecule has 0 saturated carbocycles. The van der Waals surface area contributed by atoms with Gasteiger partial charge in [-0.1, -0.05) is 6.07 Å². The van der Waals surface area contributed by atoms with Crippen LogP contribution < -0.4 is 11.1 Å². The van der Waals surface area contributed by atoms with Crippen LogP contribution in [-0.2, 0) is 16.1 Å². The van der Waals surface area contributed by atoms with Gasteiger partial charge in [0.05, 0.1) is 11.0 Å². The summed E-state index contributed by atoms with van der Waals surface area (Å²) in [6.45, 7) is 4.59. The maximum absolute atomic E-state index is 11.4. The van der Waals surface area contributed by atoms with Crippen molar-refractivity contribution in [1.82, 2.24) is 15.3 Å². The molecule has 0 radical (unpaired) electrons. The minimum Gasteiger partial charge on any atom is -0.364 e. The molecule has 124 valence electrons. The summed E-state index contributed by atoms with van der Waals surface area (Å²) in [6.07, 6.45) is 0. The van der Waals surface area contributed by atoms with Crippen LogP contribution in [0.5, 0.6) is 0 Å². The monoisotopic (exact) mass is 348 g/mol. The molecule has 2 rings (SSSR count). The molecule has 22 heavy (non-hydrogen) atoms. The smallest absolute Gasteiger partial charge is 0.246 e. The van der Waals surface area contributed by atoms with Crippen LogP contribution in [0.3, 0.4) is 0 Å². The van der Waals surface area contributed by atoms with E-state index in [1.165, 1.54) is 5.56 Å². The zero-order chi connectivity index (χ0) is 14.5. The third kappa shape index (κ3) is 6.19. The van der Waals surface area contributed by atoms with Gasteiger partial charge in [0.2, 0.25) is 5.91 Å². The lowest BCUT2D eigenvalue weighted by Crippen LogP contribution is -2.37. The Morgan fingerprint density at radius 1 is 1.45 bits per heavy atom. The third-order valence-corrected chi connectivity index (χ3v) is 2.78. The first-order valence-corrected chi connectivity index (χ1v) is 6.60. The molecule has 0 aliphatic heterocycles. The highest BCUT2D eigenvalue weighted by Crippen LogP contribution is 2.13. The molecule has 0 bridgehead atoms. The fraction of sp³-hybridized carbons (Fsp3) is 0.429. The van der Waals surface area contributed by atoms with Crippen molar-refractivity contribution < 1.29 is 9.53 Å². The molecule has 0 aliphatic carbocycles. The zero-order valence-corrected chi connectivity index (χ0v) is 14.2. The van der Waals surface area contributed by atoms with Gasteiger partial charge in [-0.2, -0.15) is 0 Å². The number of nitrogens with one attached hydrogen (secondary N) is 2. The lowest BCUT2D eigenvalue weighted by atomic mass is 10.2. The molecule has 1 amide bonds. The maximum Gasteiger partial charge on any atom is 0.246 e. The van der Waals surface area contributed by atoms with Crippen molar-refractivity contribution in [1.29, 1.82) is 0 Å². The van der Waals surface area contributed by atoms with E-state index in [0.29, 0.717) is 12.4 Å². The van der Waals surface area contributed by atoms with Crippen molar-refractivity contribution in [3.63, 3.8) is 0 Å². The summed E-state index contributed by atoms with van der Waals surface area (Å²) in [6, 6.07) is 5.94. The summed E-state index contributed by atoms with van der Waals surface area (Å²) >= 11 is 0. The van der Waals surface area contributed by atoms with Gasteiger partial charge in [-0.15, -0.1) is 24.8 Å². The minimum atomic E-state index is -0.172. The lowest BCUT2D eigenvalue weighted by molar-refractivity contribution is -0.126. The van der Waals surface area contributed by atoms with E-state index in [9.17, 15) is 4.79 Å². The number of carbonyl (C=O) groups is 1. The summed E-state index contributed by atoms with van der Waals surface area (Å²) in [7, 11) is 0. The summed E-state index contributed by atoms with van der Waals surface area (Å²) in [5.41, 5.74) is 8.59. The number of halogens is 2. The highest BCUT2D eigenvalue weighted by atomic mass is 35.5. The second-order valence-electron chi connectivity index (χ2n) is 4.98. The predicted molar refractivity (Wildman–Crippen MR) is 91.6 cm³/mol. The van der Waals surface area contributed by atoms with Crippen LogP contribution in [0.1, 0.15) is 18.3 Å². The molecule has 0 unspecified atom stereocenters. The number of aromatic nitrogens is 2. The zero-order valence-electron chi connectivity index (χ0n) is 12.6. The van der Waals surface area contributed by atoms with E-state index in [2.05, 4.69) is 15.3 Å². The van der Waals surface area contributed by atoms with Crippen LogP contribution in [0.4, 0.5) is 0 Å². The normalized spacial score (nSPS) is 11.4. The molecular formula is C14H22Cl2N4O2. The number of H-pyrrole nitrogens is 1. The first-order valence-electron chi connectivity index (χ1n) is 6.60. The van der Waals surface area contributed by atoms with Crippen molar-refractivity contribution in [2.24, 2.45) is 5.73 Å². The number of fused-ring (bicyclic) bond motifs is 1. The summed E-state index contributed by atoms with van der Waals surface area (Å²) in [5, 5.41) is 2.68. The molecule has 1 heterocycles. The summed E-state index contributed by atoms with van der Waals surface area (Å²) < 4.78 is 5.33. The van der Waals surface area contributed by atoms with Crippen molar-refractivity contribution >= 4 is 41.8 Å². The number of hydrogen-bond acceptors (Lipinski definition) is 4. The molecule has 1 atom stereocenters. The average Bonchev–Trinajstić information content (AvgIpc) is 2.78. The van der Waals surface area contributed by atoms with E-state index < -0.39 is 0 Å². The minimum absolute atomic E-state index is 0. The molecule has 8 heteroatoms. The van der Waals surface area contributed by atoms with E-state index in [4.69, 9.17) is 10.5 Å². The molecule has 0 aliphatic rings. The van der Waals surface area contributed by atoms with Crippen LogP contribution in [-0.4, -0.2) is 35.1 Å². The molecule has 0 saturated heterocycles. The fourth-order valence-electron chi connectivity index (χ4n) is 1.81. The van der Waals surface area contributed by atoms with Crippen LogP contribution in [0.15, 0.2) is 18.2 Å². The number of imidazole rings is 1. The van der Waals surface area contributed by atoms with E-state index >= 15 is 0 Å². The summed E-state index contributed by atoms with van der Waals surface area (Å²) in [4.78, 5) is 19.0. The largest absolute Gasteiger partial charge is 0.364 e. The number of aryl methyl sites for hydroxylation is 1. The predicted octanol–water partition coefficient (Wildman–Crippen LogP) is 1.69. The number of amides is 1. The van der Waals surface area contributed by atoms with Crippen LogP contribution in [0, 0.1) is 6.92 Å². The average molecular weight is 349 g/mol. The number of hydrogen-bond donors (Lipinski definition) is 3. The molecule has 1 aromatic heterocycles. The van der Waals surface area contributed by atoms with Crippen molar-refractivity contribution in [2.45, 2.75) is 26.5 Å². The van der Waals surface area contributed by atoms with Gasteiger partial charge in [0.25, 0.3) is 0 Å². The van der Waals surface area contributed by atoms with Crippen molar-refractivity contribution in [3.8, 4) is 0 Å². The molecule has 4 N–H and O–H groups in total. The molecule has 2 aromatic rings. The molecular weight excluding hydrogens is 327 g/mol. The Hall–Kier alpha value is -1.34. The molecule has 6 nitrogen and oxygen atoms in total. The van der Waals surface area contributed by atoms with Crippen molar-refractivity contribution in [3.05, 3.63) is 29.6 Å². The van der Waals surface area contributed by atoms with Gasteiger partial charge < -0.3 is 20.8 Å². The van der Waals surface area contributed by atoms with Gasteiger partial charge >= 0.3 is 0 Å². The second kappa shape index (κ2) is 9.63. The highest BCUT2D eigenvalue weighted by molar-refractivity contribution is 5.85. The number of benzene rings is 1. The SMILES string of the molecule is Cc1ccc2nc(COCC(=O)NC[C@H](C)N)[nH]c2c1.Cl.Cl. The Balaban J connectivity index is 0.00000220. The van der Waals surface area contributed by atoms with E-state index in [0.717, 1.165) is 11.0 Å². The van der Waals surface area contributed by atoms with Crippen molar-refractivity contribution in [2.75, 3.05) is 13.2 Å². The van der Waals surface area contributed by atoms with Gasteiger partial charge in [-0.3, -0.25) is 4.79 Å². The molecule has 1 aromatic carbocycles. The Labute approximate surface area is 142 Å². The van der Waals surface area contributed by atoms with Gasteiger partial charge in [0.1, 0.15) is 19.0 Å². The van der Waals surface area contributed by atoms with Gasteiger partial charge in [-0.05, 0) is 31.5 Å².